The summed E-state index contributed by atoms with van der Waals surface area (Å²) in [4.78, 5) is 65.9. The van der Waals surface area contributed by atoms with E-state index in [-0.39, 0.29) is 11.1 Å². The van der Waals surface area contributed by atoms with Crippen LogP contribution >= 0.6 is 0 Å². The van der Waals surface area contributed by atoms with E-state index in [0.717, 1.165) is 30.7 Å². The van der Waals surface area contributed by atoms with E-state index in [1.807, 2.05) is 0 Å². The predicted molar refractivity (Wildman–Crippen MR) is 146 cm³/mol. The first-order valence-corrected chi connectivity index (χ1v) is 13.3. The Labute approximate surface area is 257 Å². The lowest BCUT2D eigenvalue weighted by molar-refractivity contribution is -0.247. The molecule has 0 spiro atoms. The smallest absolute Gasteiger partial charge is 0.343 e. The van der Waals surface area contributed by atoms with E-state index < -0.39 is 84.2 Å². The fraction of sp³-hybridized carbons (Fsp3) is 0.200. The lowest BCUT2D eigenvalue weighted by atomic mass is 10.0. The number of carbonyl (C=O) groups is 4. The van der Waals surface area contributed by atoms with Gasteiger partial charge in [-0.2, -0.15) is 8.78 Å². The number of nitrogens with zero attached hydrogens (tertiary/aromatic N) is 4. The summed E-state index contributed by atoms with van der Waals surface area (Å²) in [5.74, 6) is -9.80. The molecule has 5 rings (SSSR count). The molecule has 0 aromatic carbocycles. The quantitative estimate of drug-likeness (QED) is 0.151. The minimum Gasteiger partial charge on any atom is -0.459 e. The summed E-state index contributed by atoms with van der Waals surface area (Å²) in [6, 6.07) is 10.3. The first-order chi connectivity index (χ1) is 22.2. The zero-order valence-corrected chi connectivity index (χ0v) is 23.4. The average Bonchev–Trinajstić information content (AvgIpc) is 3.33. The number of hydrogen-bond donors (Lipinski definition) is 1. The van der Waals surface area contributed by atoms with Crippen LogP contribution in [0, 0.1) is 11.9 Å². The van der Waals surface area contributed by atoms with Crippen LogP contribution in [0.5, 0.6) is 0 Å². The van der Waals surface area contributed by atoms with Gasteiger partial charge in [0.2, 0.25) is 17.7 Å². The number of aliphatic hydroxyl groups is 1. The molecule has 0 saturated carbocycles. The molecule has 5 heterocycles. The number of pyridine rings is 4. The van der Waals surface area contributed by atoms with Crippen LogP contribution in [0.15, 0.2) is 85.7 Å². The number of esters is 4. The van der Waals surface area contributed by atoms with E-state index in [9.17, 15) is 33.1 Å². The van der Waals surface area contributed by atoms with Crippen LogP contribution in [-0.2, 0) is 23.7 Å². The fourth-order valence-corrected chi connectivity index (χ4v) is 4.29. The van der Waals surface area contributed by atoms with Crippen LogP contribution in [0.4, 0.5) is 8.78 Å². The minimum atomic E-state index is -2.83. The van der Waals surface area contributed by atoms with Gasteiger partial charge < -0.3 is 28.8 Å². The SMILES string of the molecule is O=C(OC[C@H]1O[C@](O)(COC(=O)c2cccnc2F)[C@@H](OC(=O)c2cccnc2F)[C@@H]1OC(=O)c1cccnc1)c1cccnc1. The summed E-state index contributed by atoms with van der Waals surface area (Å²) < 4.78 is 55.5. The van der Waals surface area contributed by atoms with Crippen molar-refractivity contribution in [3.63, 3.8) is 0 Å². The third-order valence-electron chi connectivity index (χ3n) is 6.48. The van der Waals surface area contributed by atoms with Crippen molar-refractivity contribution in [2.24, 2.45) is 0 Å². The summed E-state index contributed by atoms with van der Waals surface area (Å²) in [5, 5.41) is 11.6. The Kier molecular flexibility index (Phi) is 9.58. The maximum absolute atomic E-state index is 14.4. The number of carbonyl (C=O) groups excluding carboxylic acids is 4. The Balaban J connectivity index is 1.47. The number of halogens is 2. The lowest BCUT2D eigenvalue weighted by Gasteiger charge is -2.29. The monoisotopic (exact) mass is 636 g/mol. The Hall–Kier alpha value is -5.74. The number of aromatic nitrogens is 4. The van der Waals surface area contributed by atoms with Crippen molar-refractivity contribution in [2.45, 2.75) is 24.1 Å². The number of hydrogen-bond acceptors (Lipinski definition) is 14. The standard InChI is InChI=1S/C30H22F2N4O10/c31-24-19(7-3-11-35-24)28(39)43-16-30(41)23(45-29(40)20-8-4-12-36-25(20)32)22(44-27(38)18-6-2-10-34-14-18)21(46-30)15-42-26(37)17-5-1-9-33-13-17/h1-14,21-23,41H,15-16H2/t21-,22-,23+,30-/m1/s1. The van der Waals surface area contributed by atoms with Gasteiger partial charge in [0.05, 0.1) is 11.1 Å². The van der Waals surface area contributed by atoms with Gasteiger partial charge in [-0.15, -0.1) is 0 Å². The highest BCUT2D eigenvalue weighted by Gasteiger charge is 2.60. The zero-order chi connectivity index (χ0) is 32.7. The largest absolute Gasteiger partial charge is 0.459 e. The summed E-state index contributed by atoms with van der Waals surface area (Å²) in [6.45, 7) is -1.84. The van der Waals surface area contributed by atoms with E-state index in [2.05, 4.69) is 19.9 Å². The molecule has 4 atom stereocenters. The van der Waals surface area contributed by atoms with Gasteiger partial charge in [-0.1, -0.05) is 0 Å². The summed E-state index contributed by atoms with van der Waals surface area (Å²) in [7, 11) is 0. The molecule has 1 N–H and O–H groups in total. The normalized spacial score (nSPS) is 20.4. The van der Waals surface area contributed by atoms with Gasteiger partial charge in [0.1, 0.15) is 30.4 Å². The van der Waals surface area contributed by atoms with Crippen LogP contribution in [0.2, 0.25) is 0 Å². The first-order valence-electron chi connectivity index (χ1n) is 13.3. The van der Waals surface area contributed by atoms with E-state index in [0.29, 0.717) is 0 Å². The van der Waals surface area contributed by atoms with Crippen molar-refractivity contribution in [3.8, 4) is 0 Å². The molecular formula is C30H22F2N4O10. The highest BCUT2D eigenvalue weighted by molar-refractivity contribution is 5.91. The van der Waals surface area contributed by atoms with Crippen molar-refractivity contribution in [2.75, 3.05) is 13.2 Å². The third kappa shape index (κ3) is 7.14. The minimum absolute atomic E-state index is 0.0436. The molecule has 0 amide bonds. The second-order valence-corrected chi connectivity index (χ2v) is 9.54. The van der Waals surface area contributed by atoms with Crippen molar-refractivity contribution >= 4 is 23.9 Å². The van der Waals surface area contributed by atoms with E-state index in [1.54, 1.807) is 0 Å². The molecule has 16 heteroatoms. The second-order valence-electron chi connectivity index (χ2n) is 9.54. The molecule has 0 aliphatic carbocycles. The molecule has 1 saturated heterocycles. The molecule has 0 radical (unpaired) electrons. The third-order valence-corrected chi connectivity index (χ3v) is 6.48. The maximum Gasteiger partial charge on any atom is 0.343 e. The average molecular weight is 637 g/mol. The van der Waals surface area contributed by atoms with Gasteiger partial charge in [-0.05, 0) is 48.5 Å². The fourth-order valence-electron chi connectivity index (χ4n) is 4.29. The highest BCUT2D eigenvalue weighted by Crippen LogP contribution is 2.36. The van der Waals surface area contributed by atoms with Crippen molar-refractivity contribution < 1.29 is 56.7 Å². The lowest BCUT2D eigenvalue weighted by Crippen LogP contribution is -2.51. The van der Waals surface area contributed by atoms with Crippen LogP contribution in [0.3, 0.4) is 0 Å². The molecule has 46 heavy (non-hydrogen) atoms. The van der Waals surface area contributed by atoms with Gasteiger partial charge in [-0.3, -0.25) is 9.97 Å². The van der Waals surface area contributed by atoms with E-state index in [1.165, 1.54) is 55.0 Å². The van der Waals surface area contributed by atoms with E-state index in [4.69, 9.17) is 23.7 Å². The Morgan fingerprint density at radius 1 is 0.739 bits per heavy atom. The number of rotatable bonds is 10. The van der Waals surface area contributed by atoms with Gasteiger partial charge in [0.15, 0.2) is 12.2 Å². The Morgan fingerprint density at radius 2 is 1.30 bits per heavy atom. The first kappa shape index (κ1) is 31.7. The summed E-state index contributed by atoms with van der Waals surface area (Å²) in [5.41, 5.74) is -1.28. The topological polar surface area (TPSA) is 186 Å². The van der Waals surface area contributed by atoms with Crippen molar-refractivity contribution in [3.05, 3.63) is 120 Å². The summed E-state index contributed by atoms with van der Waals surface area (Å²) in [6.07, 6.45) is 1.97. The molecule has 1 aliphatic heterocycles. The summed E-state index contributed by atoms with van der Waals surface area (Å²) >= 11 is 0. The molecule has 14 nitrogen and oxygen atoms in total. The van der Waals surface area contributed by atoms with Gasteiger partial charge in [-0.25, -0.2) is 29.1 Å². The van der Waals surface area contributed by atoms with E-state index >= 15 is 0 Å². The van der Waals surface area contributed by atoms with Crippen LogP contribution in [0.25, 0.3) is 0 Å². The predicted octanol–water partition coefficient (Wildman–Crippen LogP) is 2.10. The van der Waals surface area contributed by atoms with Gasteiger partial charge >= 0.3 is 23.9 Å². The van der Waals surface area contributed by atoms with Crippen molar-refractivity contribution in [1.29, 1.82) is 0 Å². The molecule has 0 bridgehead atoms. The highest BCUT2D eigenvalue weighted by atomic mass is 19.1. The second kappa shape index (κ2) is 13.9. The van der Waals surface area contributed by atoms with Crippen LogP contribution in [-0.4, -0.2) is 86.2 Å². The Bertz CT molecular complexity index is 1730. The molecular weight excluding hydrogens is 614 g/mol. The maximum atomic E-state index is 14.4. The molecule has 236 valence electrons. The molecule has 0 unspecified atom stereocenters. The Morgan fingerprint density at radius 3 is 1.87 bits per heavy atom. The molecule has 1 aliphatic rings. The van der Waals surface area contributed by atoms with Crippen LogP contribution in [0.1, 0.15) is 41.4 Å². The molecule has 1 fully saturated rings. The van der Waals surface area contributed by atoms with Crippen molar-refractivity contribution in [1.82, 2.24) is 19.9 Å². The van der Waals surface area contributed by atoms with Crippen LogP contribution < -0.4 is 0 Å². The zero-order valence-electron chi connectivity index (χ0n) is 23.4. The van der Waals surface area contributed by atoms with Gasteiger partial charge in [0, 0.05) is 37.2 Å². The number of ether oxygens (including phenoxy) is 5. The van der Waals surface area contributed by atoms with Gasteiger partial charge in [0.25, 0.3) is 0 Å². The molecule has 4 aromatic rings. The molecule has 4 aromatic heterocycles.